The smallest absolute Gasteiger partial charge is 0.270 e. The second kappa shape index (κ2) is 4.22. The molecule has 1 aromatic carbocycles. The van der Waals surface area contributed by atoms with Gasteiger partial charge in [-0.3, -0.25) is 9.79 Å². The van der Waals surface area contributed by atoms with Gasteiger partial charge in [0.15, 0.2) is 0 Å². The van der Waals surface area contributed by atoms with Gasteiger partial charge in [0.25, 0.3) is 5.91 Å². The molecular weight excluding hydrogens is 206 g/mol. The fourth-order valence-electron chi connectivity index (χ4n) is 1.57. The summed E-state index contributed by atoms with van der Waals surface area (Å²) in [5, 5.41) is 2.73. The van der Waals surface area contributed by atoms with Gasteiger partial charge in [-0.1, -0.05) is 0 Å². The van der Waals surface area contributed by atoms with E-state index in [-0.39, 0.29) is 5.91 Å². The molecule has 0 spiro atoms. The number of nitrogens with two attached hydrogens (primary N) is 1. The van der Waals surface area contributed by atoms with Crippen molar-refractivity contribution in [3.05, 3.63) is 23.8 Å². The van der Waals surface area contributed by atoms with Gasteiger partial charge in [-0.15, -0.1) is 0 Å². The number of methoxy groups -OCH3 is 1. The van der Waals surface area contributed by atoms with Gasteiger partial charge in [0.2, 0.25) is 0 Å². The zero-order valence-corrected chi connectivity index (χ0v) is 8.99. The third kappa shape index (κ3) is 1.84. The van der Waals surface area contributed by atoms with Gasteiger partial charge in [-0.2, -0.15) is 0 Å². The number of benzene rings is 1. The molecule has 5 heteroatoms. The molecule has 0 bridgehead atoms. The molecule has 3 N–H and O–H groups in total. The average Bonchev–Trinajstić information content (AvgIpc) is 2.31. The van der Waals surface area contributed by atoms with Crippen LogP contribution in [0.5, 0.6) is 5.75 Å². The Labute approximate surface area is 93.3 Å². The SMILES string of the molecule is COc1ccc(N)c(C2=NCCNC2=O)c1. The Hall–Kier alpha value is -2.04. The summed E-state index contributed by atoms with van der Waals surface area (Å²) in [5.41, 5.74) is 7.34. The van der Waals surface area contributed by atoms with Gasteiger partial charge < -0.3 is 15.8 Å². The summed E-state index contributed by atoms with van der Waals surface area (Å²) in [7, 11) is 1.57. The molecule has 1 amide bonds. The number of nitrogens with zero attached hydrogens (tertiary/aromatic N) is 1. The summed E-state index contributed by atoms with van der Waals surface area (Å²) in [6.07, 6.45) is 0. The number of hydrogen-bond donors (Lipinski definition) is 2. The molecule has 0 atom stereocenters. The molecule has 5 nitrogen and oxygen atoms in total. The molecule has 16 heavy (non-hydrogen) atoms. The van der Waals surface area contributed by atoms with Crippen molar-refractivity contribution >= 4 is 17.3 Å². The Kier molecular flexibility index (Phi) is 2.76. The number of hydrogen-bond acceptors (Lipinski definition) is 4. The van der Waals surface area contributed by atoms with Crippen LogP contribution in [0.4, 0.5) is 5.69 Å². The molecular formula is C11H13N3O2. The van der Waals surface area contributed by atoms with E-state index < -0.39 is 0 Å². The number of amides is 1. The highest BCUT2D eigenvalue weighted by molar-refractivity contribution is 6.46. The lowest BCUT2D eigenvalue weighted by atomic mass is 10.1. The quantitative estimate of drug-likeness (QED) is 0.697. The average molecular weight is 219 g/mol. The Morgan fingerprint density at radius 3 is 3.00 bits per heavy atom. The maximum absolute atomic E-state index is 11.6. The summed E-state index contributed by atoms with van der Waals surface area (Å²) < 4.78 is 5.09. The third-order valence-electron chi connectivity index (χ3n) is 2.40. The monoisotopic (exact) mass is 219 g/mol. The fourth-order valence-corrected chi connectivity index (χ4v) is 1.57. The van der Waals surface area contributed by atoms with Crippen molar-refractivity contribution in [2.75, 3.05) is 25.9 Å². The van der Waals surface area contributed by atoms with Gasteiger partial charge in [-0.25, -0.2) is 0 Å². The van der Waals surface area contributed by atoms with E-state index in [2.05, 4.69) is 10.3 Å². The normalized spacial score (nSPS) is 15.3. The minimum Gasteiger partial charge on any atom is -0.497 e. The number of anilines is 1. The summed E-state index contributed by atoms with van der Waals surface area (Å²) in [5.74, 6) is 0.469. The van der Waals surface area contributed by atoms with Crippen LogP contribution in [0.3, 0.4) is 0 Å². The van der Waals surface area contributed by atoms with Crippen LogP contribution in [-0.4, -0.2) is 31.8 Å². The number of carbonyl (C=O) groups is 1. The van der Waals surface area contributed by atoms with Crippen molar-refractivity contribution in [3.63, 3.8) is 0 Å². The number of ether oxygens (including phenoxy) is 1. The van der Waals surface area contributed by atoms with Crippen LogP contribution in [0.2, 0.25) is 0 Å². The maximum atomic E-state index is 11.6. The van der Waals surface area contributed by atoms with Crippen molar-refractivity contribution in [3.8, 4) is 5.75 Å². The van der Waals surface area contributed by atoms with Gasteiger partial charge in [0.05, 0.1) is 13.7 Å². The second-order valence-electron chi connectivity index (χ2n) is 3.44. The predicted molar refractivity (Wildman–Crippen MR) is 61.8 cm³/mol. The minimum atomic E-state index is -0.189. The van der Waals surface area contributed by atoms with E-state index in [1.165, 1.54) is 0 Å². The van der Waals surface area contributed by atoms with Crippen molar-refractivity contribution in [2.45, 2.75) is 0 Å². The summed E-state index contributed by atoms with van der Waals surface area (Å²) in [6, 6.07) is 5.18. The maximum Gasteiger partial charge on any atom is 0.270 e. The van der Waals surface area contributed by atoms with E-state index in [0.29, 0.717) is 35.8 Å². The van der Waals surface area contributed by atoms with Crippen molar-refractivity contribution in [1.82, 2.24) is 5.32 Å². The molecule has 0 aromatic heterocycles. The van der Waals surface area contributed by atoms with Crippen LogP contribution in [-0.2, 0) is 4.79 Å². The molecule has 1 aliphatic rings. The van der Waals surface area contributed by atoms with E-state index in [1.807, 2.05) is 0 Å². The van der Waals surface area contributed by atoms with Crippen LogP contribution in [0.15, 0.2) is 23.2 Å². The molecule has 1 aliphatic heterocycles. The summed E-state index contributed by atoms with van der Waals surface area (Å²) in [6.45, 7) is 1.16. The first-order chi connectivity index (χ1) is 7.72. The van der Waals surface area contributed by atoms with E-state index in [9.17, 15) is 4.79 Å². The Morgan fingerprint density at radius 2 is 2.31 bits per heavy atom. The zero-order valence-electron chi connectivity index (χ0n) is 8.99. The largest absolute Gasteiger partial charge is 0.497 e. The minimum absolute atomic E-state index is 0.189. The van der Waals surface area contributed by atoms with Crippen molar-refractivity contribution < 1.29 is 9.53 Å². The van der Waals surface area contributed by atoms with E-state index in [1.54, 1.807) is 25.3 Å². The predicted octanol–water partition coefficient (Wildman–Crippen LogP) is 0.196. The molecule has 0 saturated carbocycles. The van der Waals surface area contributed by atoms with Gasteiger partial charge >= 0.3 is 0 Å². The third-order valence-corrected chi connectivity index (χ3v) is 2.40. The highest BCUT2D eigenvalue weighted by atomic mass is 16.5. The molecule has 84 valence electrons. The highest BCUT2D eigenvalue weighted by Gasteiger charge is 2.19. The molecule has 0 radical (unpaired) electrons. The first-order valence-electron chi connectivity index (χ1n) is 4.99. The lowest BCUT2D eigenvalue weighted by Crippen LogP contribution is -2.38. The zero-order chi connectivity index (χ0) is 11.5. The van der Waals surface area contributed by atoms with E-state index in [0.717, 1.165) is 0 Å². The van der Waals surface area contributed by atoms with Gasteiger partial charge in [-0.05, 0) is 18.2 Å². The number of carbonyl (C=O) groups excluding carboxylic acids is 1. The number of rotatable bonds is 2. The lowest BCUT2D eigenvalue weighted by molar-refractivity contribution is -0.114. The molecule has 1 heterocycles. The van der Waals surface area contributed by atoms with Crippen LogP contribution in [0, 0.1) is 0 Å². The molecule has 0 fully saturated rings. The van der Waals surface area contributed by atoms with Crippen LogP contribution >= 0.6 is 0 Å². The van der Waals surface area contributed by atoms with E-state index in [4.69, 9.17) is 10.5 Å². The Bertz CT molecular complexity index is 455. The first-order valence-corrected chi connectivity index (χ1v) is 4.99. The standard InChI is InChI=1S/C11H13N3O2/c1-16-7-2-3-9(12)8(6-7)10-11(15)14-5-4-13-10/h2-3,6H,4-5,12H2,1H3,(H,14,15). The Morgan fingerprint density at radius 1 is 1.50 bits per heavy atom. The second-order valence-corrected chi connectivity index (χ2v) is 3.44. The van der Waals surface area contributed by atoms with Crippen LogP contribution < -0.4 is 15.8 Å². The van der Waals surface area contributed by atoms with Gasteiger partial charge in [0, 0.05) is 17.8 Å². The molecule has 2 rings (SSSR count). The number of aliphatic imine (C=N–C) groups is 1. The Balaban J connectivity index is 2.46. The number of nitrogen functional groups attached to an aromatic ring is 1. The molecule has 0 saturated heterocycles. The first kappa shape index (κ1) is 10.5. The highest BCUT2D eigenvalue weighted by Crippen LogP contribution is 2.20. The lowest BCUT2D eigenvalue weighted by Gasteiger charge is -2.15. The molecule has 0 aliphatic carbocycles. The fraction of sp³-hybridized carbons (Fsp3) is 0.273. The number of nitrogens with one attached hydrogen (secondary N) is 1. The van der Waals surface area contributed by atoms with Gasteiger partial charge in [0.1, 0.15) is 11.5 Å². The van der Waals surface area contributed by atoms with Crippen molar-refractivity contribution in [2.24, 2.45) is 4.99 Å². The summed E-state index contributed by atoms with van der Waals surface area (Å²) >= 11 is 0. The van der Waals surface area contributed by atoms with E-state index >= 15 is 0 Å². The van der Waals surface area contributed by atoms with Crippen molar-refractivity contribution in [1.29, 1.82) is 0 Å². The van der Waals surface area contributed by atoms with Crippen LogP contribution in [0.1, 0.15) is 5.56 Å². The molecule has 1 aromatic rings. The summed E-state index contributed by atoms with van der Waals surface area (Å²) in [4.78, 5) is 15.8. The topological polar surface area (TPSA) is 76.7 Å². The molecule has 0 unspecified atom stereocenters. The van der Waals surface area contributed by atoms with Crippen LogP contribution in [0.25, 0.3) is 0 Å².